The Bertz CT molecular complexity index is 3230. The molecule has 11 rings (SSSR count). The van der Waals surface area contributed by atoms with Crippen molar-refractivity contribution in [1.29, 1.82) is 0 Å². The van der Waals surface area contributed by atoms with Crippen LogP contribution in [0.25, 0.3) is 87.6 Å². The van der Waals surface area contributed by atoms with E-state index in [2.05, 4.69) is 241 Å². The first kappa shape index (κ1) is 34.5. The lowest BCUT2D eigenvalue weighted by molar-refractivity contribution is 1.30. The maximum absolute atomic E-state index is 2.44. The average molecular weight is 750 g/mol. The van der Waals surface area contributed by atoms with Gasteiger partial charge in [0, 0.05) is 16.8 Å². The standard InChI is InChI=1S/C58H39N/c1-3-14-40(15-4-1)41-26-28-42(29-27-41)43-30-35-47(36-31-43)59(56-25-13-24-55-53-21-10-9-20-51(53)52-22-11-12-23-54(52)58(55)56)48-37-32-46(33-38-48)57-49-19-8-7-18-45(49)34-39-50(57)44-16-5-2-6-17-44/h1-39H. The predicted octanol–water partition coefficient (Wildman–Crippen LogP) is 16.4. The maximum Gasteiger partial charge on any atom is 0.0546 e. The first-order valence-corrected chi connectivity index (χ1v) is 20.3. The molecule has 59 heavy (non-hydrogen) atoms. The van der Waals surface area contributed by atoms with Crippen LogP contribution in [0.1, 0.15) is 0 Å². The molecule has 0 saturated carbocycles. The van der Waals surface area contributed by atoms with Crippen LogP contribution in [0.15, 0.2) is 237 Å². The van der Waals surface area contributed by atoms with Gasteiger partial charge in [0.15, 0.2) is 0 Å². The van der Waals surface area contributed by atoms with Crippen molar-refractivity contribution in [2.24, 2.45) is 0 Å². The highest BCUT2D eigenvalue weighted by atomic mass is 15.1. The van der Waals surface area contributed by atoms with Gasteiger partial charge >= 0.3 is 0 Å². The molecule has 0 unspecified atom stereocenters. The number of benzene rings is 11. The Morgan fingerprint density at radius 3 is 1.22 bits per heavy atom. The van der Waals surface area contributed by atoms with Gasteiger partial charge in [-0.05, 0) is 113 Å². The molecule has 0 amide bonds. The molecule has 0 spiro atoms. The van der Waals surface area contributed by atoms with Crippen molar-refractivity contribution in [3.8, 4) is 44.5 Å². The number of hydrogen-bond donors (Lipinski definition) is 0. The number of fused-ring (bicyclic) bond motifs is 7. The zero-order chi connectivity index (χ0) is 39.1. The zero-order valence-electron chi connectivity index (χ0n) is 32.5. The van der Waals surface area contributed by atoms with Crippen LogP contribution in [0.5, 0.6) is 0 Å². The van der Waals surface area contributed by atoms with E-state index in [-0.39, 0.29) is 0 Å². The molecule has 0 aromatic heterocycles. The van der Waals surface area contributed by atoms with E-state index in [0.29, 0.717) is 0 Å². The van der Waals surface area contributed by atoms with Gasteiger partial charge in [-0.2, -0.15) is 0 Å². The fourth-order valence-electron chi connectivity index (χ4n) is 9.06. The fraction of sp³-hybridized carbons (Fsp3) is 0. The number of nitrogens with zero attached hydrogens (tertiary/aromatic N) is 1. The lowest BCUT2D eigenvalue weighted by Gasteiger charge is -2.28. The third-order valence-corrected chi connectivity index (χ3v) is 11.9. The third-order valence-electron chi connectivity index (χ3n) is 11.9. The Labute approximate surface area is 344 Å². The fourth-order valence-corrected chi connectivity index (χ4v) is 9.06. The van der Waals surface area contributed by atoms with Gasteiger partial charge in [-0.3, -0.25) is 0 Å². The van der Waals surface area contributed by atoms with Gasteiger partial charge in [0.05, 0.1) is 5.69 Å². The second-order valence-electron chi connectivity index (χ2n) is 15.2. The Hall–Kier alpha value is -7.74. The summed E-state index contributed by atoms with van der Waals surface area (Å²) in [4.78, 5) is 2.44. The van der Waals surface area contributed by atoms with Crippen molar-refractivity contribution < 1.29 is 0 Å². The third kappa shape index (κ3) is 6.12. The first-order valence-electron chi connectivity index (χ1n) is 20.3. The van der Waals surface area contributed by atoms with E-state index < -0.39 is 0 Å². The van der Waals surface area contributed by atoms with Gasteiger partial charge in [0.25, 0.3) is 0 Å². The highest BCUT2D eigenvalue weighted by Gasteiger charge is 2.20. The molecular formula is C58H39N. The summed E-state index contributed by atoms with van der Waals surface area (Å²) in [6.45, 7) is 0. The van der Waals surface area contributed by atoms with Crippen molar-refractivity contribution in [3.05, 3.63) is 237 Å². The van der Waals surface area contributed by atoms with Crippen LogP contribution in [0.4, 0.5) is 17.1 Å². The first-order chi connectivity index (χ1) is 29.3. The van der Waals surface area contributed by atoms with Gasteiger partial charge in [-0.25, -0.2) is 0 Å². The molecule has 11 aromatic rings. The van der Waals surface area contributed by atoms with Crippen molar-refractivity contribution in [2.45, 2.75) is 0 Å². The average Bonchev–Trinajstić information content (AvgIpc) is 3.32. The predicted molar refractivity (Wildman–Crippen MR) is 253 cm³/mol. The minimum absolute atomic E-state index is 1.10. The molecule has 0 N–H and O–H groups in total. The zero-order valence-corrected chi connectivity index (χ0v) is 32.5. The van der Waals surface area contributed by atoms with Crippen LogP contribution in [0, 0.1) is 0 Å². The summed E-state index contributed by atoms with van der Waals surface area (Å²) in [5, 5.41) is 10.0. The van der Waals surface area contributed by atoms with Crippen LogP contribution in [-0.2, 0) is 0 Å². The molecule has 0 aliphatic rings. The minimum Gasteiger partial charge on any atom is -0.310 e. The molecule has 0 heterocycles. The topological polar surface area (TPSA) is 3.24 Å². The molecule has 0 aliphatic heterocycles. The molecule has 0 fully saturated rings. The molecule has 0 bridgehead atoms. The summed E-state index contributed by atoms with van der Waals surface area (Å²) in [5.74, 6) is 0. The van der Waals surface area contributed by atoms with E-state index in [9.17, 15) is 0 Å². The van der Waals surface area contributed by atoms with E-state index in [1.807, 2.05) is 0 Å². The Balaban J connectivity index is 1.08. The van der Waals surface area contributed by atoms with Crippen LogP contribution in [0.3, 0.4) is 0 Å². The summed E-state index contributed by atoms with van der Waals surface area (Å²) < 4.78 is 0. The van der Waals surface area contributed by atoms with Crippen LogP contribution >= 0.6 is 0 Å². The summed E-state index contributed by atoms with van der Waals surface area (Å²) in [7, 11) is 0. The number of hydrogen-bond acceptors (Lipinski definition) is 1. The van der Waals surface area contributed by atoms with E-state index in [4.69, 9.17) is 0 Å². The lowest BCUT2D eigenvalue weighted by Crippen LogP contribution is -2.10. The monoisotopic (exact) mass is 749 g/mol. The van der Waals surface area contributed by atoms with Crippen molar-refractivity contribution in [1.82, 2.24) is 0 Å². The van der Waals surface area contributed by atoms with E-state index in [0.717, 1.165) is 17.1 Å². The Kier molecular flexibility index (Phi) is 8.56. The molecule has 0 saturated heterocycles. The highest BCUT2D eigenvalue weighted by molar-refractivity contribution is 6.28. The quantitative estimate of drug-likeness (QED) is 0.147. The van der Waals surface area contributed by atoms with Crippen LogP contribution in [0.2, 0.25) is 0 Å². The summed E-state index contributed by atoms with van der Waals surface area (Å²) in [6, 6.07) is 86.2. The highest BCUT2D eigenvalue weighted by Crippen LogP contribution is 2.46. The number of rotatable bonds is 7. The Morgan fingerprint density at radius 1 is 0.237 bits per heavy atom. The van der Waals surface area contributed by atoms with Gasteiger partial charge in [0.1, 0.15) is 0 Å². The van der Waals surface area contributed by atoms with Crippen LogP contribution < -0.4 is 4.90 Å². The minimum atomic E-state index is 1.10. The molecular weight excluding hydrogens is 711 g/mol. The van der Waals surface area contributed by atoms with E-state index >= 15 is 0 Å². The van der Waals surface area contributed by atoms with E-state index in [1.165, 1.54) is 87.6 Å². The second kappa shape index (κ2) is 14.6. The SMILES string of the molecule is c1ccc(-c2ccc(-c3ccc(N(c4ccc(-c5c(-c6ccccc6)ccc6ccccc56)cc4)c4cccc5c6ccccc6c6ccccc6c45)cc3)cc2)cc1. The summed E-state index contributed by atoms with van der Waals surface area (Å²) >= 11 is 0. The van der Waals surface area contributed by atoms with Crippen molar-refractivity contribution in [3.63, 3.8) is 0 Å². The van der Waals surface area contributed by atoms with Gasteiger partial charge < -0.3 is 4.90 Å². The van der Waals surface area contributed by atoms with E-state index in [1.54, 1.807) is 0 Å². The van der Waals surface area contributed by atoms with Gasteiger partial charge in [-0.15, -0.1) is 0 Å². The van der Waals surface area contributed by atoms with Gasteiger partial charge in [0.2, 0.25) is 0 Å². The molecule has 276 valence electrons. The molecule has 1 nitrogen and oxygen atoms in total. The smallest absolute Gasteiger partial charge is 0.0546 e. The lowest BCUT2D eigenvalue weighted by atomic mass is 9.89. The van der Waals surface area contributed by atoms with Crippen molar-refractivity contribution in [2.75, 3.05) is 4.90 Å². The largest absolute Gasteiger partial charge is 0.310 e. The second-order valence-corrected chi connectivity index (χ2v) is 15.2. The summed E-state index contributed by atoms with van der Waals surface area (Å²) in [5.41, 5.74) is 13.0. The summed E-state index contributed by atoms with van der Waals surface area (Å²) in [6.07, 6.45) is 0. The van der Waals surface area contributed by atoms with Gasteiger partial charge in [-0.1, -0.05) is 206 Å². The molecule has 0 aliphatic carbocycles. The Morgan fingerprint density at radius 2 is 0.644 bits per heavy atom. The normalized spacial score (nSPS) is 11.4. The maximum atomic E-state index is 2.44. The number of anilines is 3. The molecule has 0 atom stereocenters. The van der Waals surface area contributed by atoms with Crippen molar-refractivity contribution >= 4 is 60.2 Å². The molecule has 11 aromatic carbocycles. The van der Waals surface area contributed by atoms with Crippen LogP contribution in [-0.4, -0.2) is 0 Å². The molecule has 0 radical (unpaired) electrons. The molecule has 1 heteroatoms.